The van der Waals surface area contributed by atoms with Crippen LogP contribution < -0.4 is 4.90 Å². The fourth-order valence-electron chi connectivity index (χ4n) is 4.41. The Morgan fingerprint density at radius 3 is 2.50 bits per heavy atom. The van der Waals surface area contributed by atoms with Crippen molar-refractivity contribution >= 4 is 28.7 Å². The summed E-state index contributed by atoms with van der Waals surface area (Å²) < 4.78 is 0. The van der Waals surface area contributed by atoms with Crippen LogP contribution in [0.25, 0.3) is 11.0 Å². The molecule has 1 fully saturated rings. The van der Waals surface area contributed by atoms with Crippen LogP contribution in [-0.4, -0.2) is 95.2 Å². The van der Waals surface area contributed by atoms with E-state index in [9.17, 15) is 9.59 Å². The van der Waals surface area contributed by atoms with Gasteiger partial charge in [0.1, 0.15) is 0 Å². The molecule has 9 heteroatoms. The van der Waals surface area contributed by atoms with Crippen LogP contribution in [0, 0.1) is 0 Å². The zero-order chi connectivity index (χ0) is 24.1. The van der Waals surface area contributed by atoms with Crippen molar-refractivity contribution in [2.24, 2.45) is 0 Å². The summed E-state index contributed by atoms with van der Waals surface area (Å²) in [6, 6.07) is 13.8. The van der Waals surface area contributed by atoms with Gasteiger partial charge in [0.05, 0.1) is 0 Å². The molecule has 4 rings (SSSR count). The molecule has 9 nitrogen and oxygen atoms in total. The van der Waals surface area contributed by atoms with Gasteiger partial charge in [-0.3, -0.25) is 14.8 Å². The lowest BCUT2D eigenvalue weighted by Crippen LogP contribution is -2.52. The summed E-state index contributed by atoms with van der Waals surface area (Å²) in [6.07, 6.45) is 2.09. The standard InChI is InChI=1S/C25H33N7O2/c1-19(23-21-10-7-11-26-24(21)28-27-23)18-22(33)32(20-8-5-4-6-9-20)17-14-30-12-15-31(16-13-30)25(34)29(2)3/h4-11,19H,12-18H2,1-3H3,(H,26,27,28). The summed E-state index contributed by atoms with van der Waals surface area (Å²) in [6.45, 7) is 6.42. The Kier molecular flexibility index (Phi) is 7.42. The molecule has 0 spiro atoms. The van der Waals surface area contributed by atoms with Crippen molar-refractivity contribution in [1.82, 2.24) is 29.9 Å². The summed E-state index contributed by atoms with van der Waals surface area (Å²) in [5.41, 5.74) is 2.51. The Morgan fingerprint density at radius 2 is 1.79 bits per heavy atom. The second-order valence-electron chi connectivity index (χ2n) is 9.00. The van der Waals surface area contributed by atoms with Gasteiger partial charge in [-0.2, -0.15) is 5.10 Å². The van der Waals surface area contributed by atoms with Crippen molar-refractivity contribution in [2.75, 3.05) is 58.3 Å². The Labute approximate surface area is 200 Å². The first-order valence-electron chi connectivity index (χ1n) is 11.8. The fourth-order valence-corrected chi connectivity index (χ4v) is 4.41. The topological polar surface area (TPSA) is 88.7 Å². The van der Waals surface area contributed by atoms with E-state index in [4.69, 9.17) is 0 Å². The van der Waals surface area contributed by atoms with Crippen molar-refractivity contribution in [3.05, 3.63) is 54.4 Å². The number of carbonyl (C=O) groups is 2. The minimum absolute atomic E-state index is 0.0199. The van der Waals surface area contributed by atoms with Crippen molar-refractivity contribution in [2.45, 2.75) is 19.3 Å². The molecule has 1 N–H and O–H groups in total. The normalized spacial score (nSPS) is 15.3. The number of piperazine rings is 1. The number of nitrogens with zero attached hydrogens (tertiary/aromatic N) is 6. The van der Waals surface area contributed by atoms with Crippen LogP contribution in [-0.2, 0) is 4.79 Å². The number of hydrogen-bond acceptors (Lipinski definition) is 5. The van der Waals surface area contributed by atoms with Crippen LogP contribution in [0.2, 0.25) is 0 Å². The highest BCUT2D eigenvalue weighted by molar-refractivity contribution is 5.94. The Hall–Kier alpha value is -3.46. The number of hydrogen-bond donors (Lipinski definition) is 1. The average Bonchev–Trinajstić information content (AvgIpc) is 3.29. The largest absolute Gasteiger partial charge is 0.331 e. The molecule has 3 heterocycles. The number of carbonyl (C=O) groups excluding carboxylic acids is 2. The quantitative estimate of drug-likeness (QED) is 0.582. The maximum absolute atomic E-state index is 13.5. The number of anilines is 1. The molecule has 0 bridgehead atoms. The van der Waals surface area contributed by atoms with Crippen molar-refractivity contribution in [3.8, 4) is 0 Å². The first kappa shape index (κ1) is 23.7. The number of H-pyrrole nitrogens is 1. The van der Waals surface area contributed by atoms with E-state index in [0.29, 0.717) is 31.7 Å². The number of aromatic nitrogens is 3. The number of benzene rings is 1. The SMILES string of the molecule is CC(CC(=O)N(CCN1CCN(C(=O)N(C)C)CC1)c1ccccc1)c1[nH]nc2ncccc12. The van der Waals surface area contributed by atoms with Gasteiger partial charge in [0.2, 0.25) is 5.91 Å². The monoisotopic (exact) mass is 463 g/mol. The number of nitrogens with one attached hydrogen (secondary N) is 1. The molecule has 0 aliphatic carbocycles. The second-order valence-corrected chi connectivity index (χ2v) is 9.00. The van der Waals surface area contributed by atoms with E-state index >= 15 is 0 Å². The van der Waals surface area contributed by atoms with Crippen LogP contribution in [0.5, 0.6) is 0 Å². The molecule has 2 aromatic heterocycles. The maximum atomic E-state index is 13.5. The van der Waals surface area contributed by atoms with Gasteiger partial charge in [-0.05, 0) is 24.3 Å². The average molecular weight is 464 g/mol. The van der Waals surface area contributed by atoms with Crippen LogP contribution in [0.1, 0.15) is 25.0 Å². The first-order valence-corrected chi connectivity index (χ1v) is 11.8. The molecule has 1 aromatic carbocycles. The van der Waals surface area contributed by atoms with Gasteiger partial charge in [0.25, 0.3) is 0 Å². The number of pyridine rings is 1. The van der Waals surface area contributed by atoms with E-state index in [1.807, 2.05) is 59.2 Å². The smallest absolute Gasteiger partial charge is 0.319 e. The molecule has 0 saturated carbocycles. The number of urea groups is 1. The van der Waals surface area contributed by atoms with E-state index in [2.05, 4.69) is 20.1 Å². The van der Waals surface area contributed by atoms with Crippen molar-refractivity contribution in [3.63, 3.8) is 0 Å². The molecule has 34 heavy (non-hydrogen) atoms. The third-order valence-corrected chi connectivity index (χ3v) is 6.37. The summed E-state index contributed by atoms with van der Waals surface area (Å²) in [5.74, 6) is 0.0558. The Morgan fingerprint density at radius 1 is 1.06 bits per heavy atom. The Bertz CT molecular complexity index is 1110. The summed E-state index contributed by atoms with van der Waals surface area (Å²) in [4.78, 5) is 37.6. The van der Waals surface area contributed by atoms with Crippen molar-refractivity contribution in [1.29, 1.82) is 0 Å². The third-order valence-electron chi connectivity index (χ3n) is 6.37. The van der Waals surface area contributed by atoms with Gasteiger partial charge in [-0.1, -0.05) is 25.1 Å². The van der Waals surface area contributed by atoms with Gasteiger partial charge in [0, 0.05) is 88.7 Å². The molecule has 1 atom stereocenters. The highest BCUT2D eigenvalue weighted by atomic mass is 16.2. The molecule has 3 amide bonds. The number of rotatable bonds is 7. The molecule has 3 aromatic rings. The molecule has 0 radical (unpaired) electrons. The fraction of sp³-hybridized carbons (Fsp3) is 0.440. The summed E-state index contributed by atoms with van der Waals surface area (Å²) in [5, 5.41) is 8.31. The van der Waals surface area contributed by atoms with Gasteiger partial charge in [-0.15, -0.1) is 0 Å². The summed E-state index contributed by atoms with van der Waals surface area (Å²) >= 11 is 0. The molecule has 1 aliphatic rings. The minimum Gasteiger partial charge on any atom is -0.331 e. The molecule has 1 unspecified atom stereocenters. The van der Waals surface area contributed by atoms with Crippen LogP contribution >= 0.6 is 0 Å². The number of aromatic amines is 1. The minimum atomic E-state index is -0.0199. The van der Waals surface area contributed by atoms with Gasteiger partial charge in [-0.25, -0.2) is 9.78 Å². The molecule has 1 aliphatic heterocycles. The van der Waals surface area contributed by atoms with Crippen LogP contribution in [0.15, 0.2) is 48.7 Å². The highest BCUT2D eigenvalue weighted by Gasteiger charge is 2.25. The van der Waals surface area contributed by atoms with Gasteiger partial charge < -0.3 is 14.7 Å². The van der Waals surface area contributed by atoms with Gasteiger partial charge >= 0.3 is 6.03 Å². The van der Waals surface area contributed by atoms with E-state index in [1.54, 1.807) is 25.2 Å². The van der Waals surface area contributed by atoms with E-state index in [-0.39, 0.29) is 17.9 Å². The lowest BCUT2D eigenvalue weighted by atomic mass is 10.0. The van der Waals surface area contributed by atoms with Gasteiger partial charge in [0.15, 0.2) is 5.65 Å². The number of fused-ring (bicyclic) bond motifs is 1. The van der Waals surface area contributed by atoms with E-state index in [1.165, 1.54) is 0 Å². The predicted molar refractivity (Wildman–Crippen MR) is 133 cm³/mol. The van der Waals surface area contributed by atoms with Crippen molar-refractivity contribution < 1.29 is 9.59 Å². The lowest BCUT2D eigenvalue weighted by molar-refractivity contribution is -0.119. The zero-order valence-corrected chi connectivity index (χ0v) is 20.1. The van der Waals surface area contributed by atoms with E-state index in [0.717, 1.165) is 36.4 Å². The van der Waals surface area contributed by atoms with Crippen LogP contribution in [0.3, 0.4) is 0 Å². The molecular formula is C25H33N7O2. The molecular weight excluding hydrogens is 430 g/mol. The Balaban J connectivity index is 1.40. The van der Waals surface area contributed by atoms with Crippen LogP contribution in [0.4, 0.5) is 10.5 Å². The zero-order valence-electron chi connectivity index (χ0n) is 20.1. The molecule has 180 valence electrons. The number of para-hydroxylation sites is 1. The third kappa shape index (κ3) is 5.36. The first-order chi connectivity index (χ1) is 16.4. The second kappa shape index (κ2) is 10.6. The van der Waals surface area contributed by atoms with E-state index < -0.39 is 0 Å². The highest BCUT2D eigenvalue weighted by Crippen LogP contribution is 2.26. The summed E-state index contributed by atoms with van der Waals surface area (Å²) in [7, 11) is 3.56. The molecule has 1 saturated heterocycles. The predicted octanol–water partition coefficient (Wildman–Crippen LogP) is 2.78. The lowest BCUT2D eigenvalue weighted by Gasteiger charge is -2.37. The maximum Gasteiger partial charge on any atom is 0.319 e. The number of amides is 3.